The summed E-state index contributed by atoms with van der Waals surface area (Å²) in [5.41, 5.74) is 0.657. The molecule has 7 nitrogen and oxygen atoms in total. The fourth-order valence-electron chi connectivity index (χ4n) is 2.59. The van der Waals surface area contributed by atoms with E-state index in [0.717, 1.165) is 5.56 Å². The molecule has 0 bridgehead atoms. The first-order valence-electron chi connectivity index (χ1n) is 8.95. The van der Waals surface area contributed by atoms with E-state index in [9.17, 15) is 9.59 Å². The maximum absolute atomic E-state index is 12.0. The second-order valence-electron chi connectivity index (χ2n) is 7.49. The number of hydrogen-bond donors (Lipinski definition) is 2. The predicted molar refractivity (Wildman–Crippen MR) is 99.2 cm³/mol. The van der Waals surface area contributed by atoms with Gasteiger partial charge < -0.3 is 25.0 Å². The maximum Gasteiger partial charge on any atom is 0.410 e. The Kier molecular flexibility index (Phi) is 6.71. The second kappa shape index (κ2) is 8.78. The smallest absolute Gasteiger partial charge is 0.410 e. The van der Waals surface area contributed by atoms with Gasteiger partial charge in [0.1, 0.15) is 11.4 Å². The molecule has 2 rings (SSSR count). The number of amides is 3. The average Bonchev–Trinajstić information content (AvgIpc) is 2.56. The van der Waals surface area contributed by atoms with Gasteiger partial charge in [-0.25, -0.2) is 9.59 Å². The normalized spacial score (nSPS) is 15.3. The van der Waals surface area contributed by atoms with Gasteiger partial charge in [-0.1, -0.05) is 17.7 Å². The van der Waals surface area contributed by atoms with Crippen molar-refractivity contribution in [3.63, 3.8) is 0 Å². The van der Waals surface area contributed by atoms with Gasteiger partial charge in [0.2, 0.25) is 0 Å². The standard InChI is InChI=1S/C19H29N3O4/c1-14-5-7-16(8-6-14)25-13-20-17(23)21-15-9-11-22(12-10-15)18(24)26-19(2,3)4/h5-8,15H,9-13H2,1-4H3,(H2,20,21,23). The molecule has 0 unspecified atom stereocenters. The first-order chi connectivity index (χ1) is 12.2. The van der Waals surface area contributed by atoms with Gasteiger partial charge in [0.05, 0.1) is 0 Å². The molecular formula is C19H29N3O4. The fourth-order valence-corrected chi connectivity index (χ4v) is 2.59. The third kappa shape index (κ3) is 6.82. The Morgan fingerprint density at radius 3 is 2.35 bits per heavy atom. The van der Waals surface area contributed by atoms with Crippen LogP contribution in [-0.2, 0) is 4.74 Å². The highest BCUT2D eigenvalue weighted by molar-refractivity contribution is 5.74. The summed E-state index contributed by atoms with van der Waals surface area (Å²) < 4.78 is 10.8. The molecule has 1 saturated heterocycles. The highest BCUT2D eigenvalue weighted by Crippen LogP contribution is 2.15. The molecule has 1 aliphatic rings. The lowest BCUT2D eigenvalue weighted by atomic mass is 10.1. The van der Waals surface area contributed by atoms with Gasteiger partial charge in [-0.2, -0.15) is 0 Å². The van der Waals surface area contributed by atoms with Gasteiger partial charge in [-0.15, -0.1) is 0 Å². The lowest BCUT2D eigenvalue weighted by molar-refractivity contribution is 0.0201. The fraction of sp³-hybridized carbons (Fsp3) is 0.579. The van der Waals surface area contributed by atoms with Crippen LogP contribution in [-0.4, -0.2) is 48.5 Å². The zero-order chi connectivity index (χ0) is 19.2. The molecule has 0 spiro atoms. The van der Waals surface area contributed by atoms with Crippen molar-refractivity contribution in [2.75, 3.05) is 19.8 Å². The number of hydrogen-bond acceptors (Lipinski definition) is 4. The third-order valence-electron chi connectivity index (χ3n) is 3.97. The van der Waals surface area contributed by atoms with Gasteiger partial charge in [-0.05, 0) is 52.7 Å². The quantitative estimate of drug-likeness (QED) is 0.806. The average molecular weight is 363 g/mol. The van der Waals surface area contributed by atoms with E-state index in [-0.39, 0.29) is 24.9 Å². The number of aryl methyl sites for hydroxylation is 1. The van der Waals surface area contributed by atoms with E-state index in [0.29, 0.717) is 31.7 Å². The van der Waals surface area contributed by atoms with E-state index in [1.165, 1.54) is 0 Å². The molecule has 0 saturated carbocycles. The van der Waals surface area contributed by atoms with E-state index in [1.54, 1.807) is 4.90 Å². The molecule has 1 aromatic rings. The number of piperidine rings is 1. The molecule has 0 radical (unpaired) electrons. The van der Waals surface area contributed by atoms with Crippen LogP contribution in [0.1, 0.15) is 39.2 Å². The van der Waals surface area contributed by atoms with Crippen LogP contribution in [0.4, 0.5) is 9.59 Å². The lowest BCUT2D eigenvalue weighted by Gasteiger charge is -2.33. The molecule has 2 N–H and O–H groups in total. The second-order valence-corrected chi connectivity index (χ2v) is 7.49. The minimum absolute atomic E-state index is 0.0352. The van der Waals surface area contributed by atoms with Crippen LogP contribution in [0.15, 0.2) is 24.3 Å². The lowest BCUT2D eigenvalue weighted by Crippen LogP contribution is -2.50. The Labute approximate surface area is 155 Å². The number of rotatable bonds is 4. The van der Waals surface area contributed by atoms with E-state index in [1.807, 2.05) is 52.0 Å². The van der Waals surface area contributed by atoms with Crippen molar-refractivity contribution < 1.29 is 19.1 Å². The summed E-state index contributed by atoms with van der Waals surface area (Å²) in [5.74, 6) is 0.710. The van der Waals surface area contributed by atoms with Gasteiger partial charge >= 0.3 is 12.1 Å². The van der Waals surface area contributed by atoms with Crippen molar-refractivity contribution in [3.8, 4) is 5.75 Å². The molecule has 3 amide bonds. The summed E-state index contributed by atoms with van der Waals surface area (Å²) >= 11 is 0. The molecule has 1 aromatic carbocycles. The van der Waals surface area contributed by atoms with E-state index in [2.05, 4.69) is 10.6 Å². The van der Waals surface area contributed by atoms with E-state index in [4.69, 9.17) is 9.47 Å². The number of likely N-dealkylation sites (tertiary alicyclic amines) is 1. The Morgan fingerprint density at radius 2 is 1.77 bits per heavy atom. The number of carbonyl (C=O) groups is 2. The molecule has 144 valence electrons. The van der Waals surface area contributed by atoms with Crippen LogP contribution in [0.2, 0.25) is 0 Å². The number of benzene rings is 1. The van der Waals surface area contributed by atoms with E-state index < -0.39 is 5.60 Å². The topological polar surface area (TPSA) is 79.9 Å². The van der Waals surface area contributed by atoms with Crippen LogP contribution in [0.3, 0.4) is 0 Å². The monoisotopic (exact) mass is 363 g/mol. The number of ether oxygens (including phenoxy) is 2. The van der Waals surface area contributed by atoms with Crippen molar-refractivity contribution in [1.82, 2.24) is 15.5 Å². The maximum atomic E-state index is 12.0. The zero-order valence-corrected chi connectivity index (χ0v) is 16.0. The van der Waals surface area contributed by atoms with Crippen LogP contribution in [0.25, 0.3) is 0 Å². The van der Waals surface area contributed by atoms with Crippen molar-refractivity contribution in [1.29, 1.82) is 0 Å². The molecule has 1 heterocycles. The number of nitrogens with zero attached hydrogens (tertiary/aromatic N) is 1. The largest absolute Gasteiger partial charge is 0.473 e. The Hall–Kier alpha value is -2.44. The molecule has 1 fully saturated rings. The molecule has 0 aliphatic carbocycles. The van der Waals surface area contributed by atoms with Crippen molar-refractivity contribution in [2.45, 2.75) is 52.2 Å². The first-order valence-corrected chi connectivity index (χ1v) is 8.95. The molecule has 7 heteroatoms. The SMILES string of the molecule is Cc1ccc(OCNC(=O)NC2CCN(C(=O)OC(C)(C)C)CC2)cc1. The summed E-state index contributed by atoms with van der Waals surface area (Å²) in [6.07, 6.45) is 1.10. The van der Waals surface area contributed by atoms with Crippen molar-refractivity contribution >= 4 is 12.1 Å². The Balaban J connectivity index is 1.64. The minimum Gasteiger partial charge on any atom is -0.473 e. The van der Waals surface area contributed by atoms with Gasteiger partial charge in [0, 0.05) is 19.1 Å². The third-order valence-corrected chi connectivity index (χ3v) is 3.97. The Bertz CT molecular complexity index is 602. The predicted octanol–water partition coefficient (Wildman–Crippen LogP) is 3.03. The molecule has 0 aromatic heterocycles. The number of urea groups is 1. The highest BCUT2D eigenvalue weighted by Gasteiger charge is 2.27. The van der Waals surface area contributed by atoms with Gasteiger partial charge in [0.25, 0.3) is 0 Å². The number of carbonyl (C=O) groups excluding carboxylic acids is 2. The summed E-state index contributed by atoms with van der Waals surface area (Å²) in [4.78, 5) is 25.7. The highest BCUT2D eigenvalue weighted by atomic mass is 16.6. The van der Waals surface area contributed by atoms with Crippen LogP contribution in [0.5, 0.6) is 5.75 Å². The number of nitrogens with one attached hydrogen (secondary N) is 2. The Morgan fingerprint density at radius 1 is 1.15 bits per heavy atom. The summed E-state index contributed by atoms with van der Waals surface area (Å²) in [6, 6.07) is 7.39. The van der Waals surface area contributed by atoms with Gasteiger partial charge in [-0.3, -0.25) is 0 Å². The minimum atomic E-state index is -0.497. The van der Waals surface area contributed by atoms with Crippen LogP contribution in [0, 0.1) is 6.92 Å². The first kappa shape index (κ1) is 19.9. The summed E-state index contributed by atoms with van der Waals surface area (Å²) in [5, 5.41) is 5.59. The van der Waals surface area contributed by atoms with Crippen LogP contribution < -0.4 is 15.4 Å². The zero-order valence-electron chi connectivity index (χ0n) is 16.0. The van der Waals surface area contributed by atoms with Crippen LogP contribution >= 0.6 is 0 Å². The van der Waals surface area contributed by atoms with Crippen molar-refractivity contribution in [2.24, 2.45) is 0 Å². The summed E-state index contributed by atoms with van der Waals surface area (Å²) in [7, 11) is 0. The van der Waals surface area contributed by atoms with Gasteiger partial charge in [0.15, 0.2) is 6.73 Å². The summed E-state index contributed by atoms with van der Waals surface area (Å²) in [6.45, 7) is 8.79. The molecule has 26 heavy (non-hydrogen) atoms. The van der Waals surface area contributed by atoms with Crippen molar-refractivity contribution in [3.05, 3.63) is 29.8 Å². The molecular weight excluding hydrogens is 334 g/mol. The molecule has 1 aliphatic heterocycles. The van der Waals surface area contributed by atoms with E-state index >= 15 is 0 Å². The molecule has 0 atom stereocenters.